The molecule has 0 heterocycles. The van der Waals surface area contributed by atoms with Crippen molar-refractivity contribution in [1.29, 1.82) is 0 Å². The molecule has 0 radical (unpaired) electrons. The van der Waals surface area contributed by atoms with Crippen molar-refractivity contribution < 1.29 is 28.9 Å². The molecule has 2 N–H and O–H groups in total. The average Bonchev–Trinajstić information content (AvgIpc) is 2.60. The van der Waals surface area contributed by atoms with Crippen molar-refractivity contribution in [2.75, 3.05) is 19.5 Å². The molecule has 0 aliphatic rings. The van der Waals surface area contributed by atoms with Crippen molar-refractivity contribution in [3.63, 3.8) is 0 Å². The zero-order chi connectivity index (χ0) is 19.3. The molecular weight excluding hydrogens is 338 g/mol. The van der Waals surface area contributed by atoms with E-state index in [4.69, 9.17) is 14.2 Å². The lowest BCUT2D eigenvalue weighted by molar-refractivity contribution is -0.122. The molecule has 0 fully saturated rings. The largest absolute Gasteiger partial charge is 0.493 e. The summed E-state index contributed by atoms with van der Waals surface area (Å²) in [4.78, 5) is 23.9. The maximum Gasteiger partial charge on any atom is 0.337 e. The van der Waals surface area contributed by atoms with Gasteiger partial charge in [-0.1, -0.05) is 12.1 Å². The van der Waals surface area contributed by atoms with Gasteiger partial charge in [0.1, 0.15) is 5.75 Å². The van der Waals surface area contributed by atoms with Crippen LogP contribution in [0.4, 0.5) is 5.69 Å². The van der Waals surface area contributed by atoms with Gasteiger partial charge in [0.2, 0.25) is 0 Å². The van der Waals surface area contributed by atoms with Gasteiger partial charge in [-0.05, 0) is 31.5 Å². The van der Waals surface area contributed by atoms with Crippen LogP contribution >= 0.6 is 0 Å². The van der Waals surface area contributed by atoms with Crippen LogP contribution in [0.15, 0.2) is 36.4 Å². The first-order valence-electron chi connectivity index (χ1n) is 7.89. The third-order valence-electron chi connectivity index (χ3n) is 3.68. The standard InChI is InChI=1S/C19H21NO6/c1-11-6-5-7-13(8-11)26-12(2)18(21)20-15-10-17(25-4)16(24-3)9-14(15)19(22)23/h5-10,12H,1-4H3,(H,20,21)(H,22,23). The molecule has 2 aromatic carbocycles. The third-order valence-corrected chi connectivity index (χ3v) is 3.68. The summed E-state index contributed by atoms with van der Waals surface area (Å²) >= 11 is 0. The SMILES string of the molecule is COc1cc(NC(=O)C(C)Oc2cccc(C)c2)c(C(=O)O)cc1OC. The zero-order valence-electron chi connectivity index (χ0n) is 15.0. The summed E-state index contributed by atoms with van der Waals surface area (Å²) in [5.41, 5.74) is 0.988. The van der Waals surface area contributed by atoms with E-state index in [-0.39, 0.29) is 17.0 Å². The van der Waals surface area contributed by atoms with Gasteiger partial charge in [-0.25, -0.2) is 4.79 Å². The number of anilines is 1. The predicted octanol–water partition coefficient (Wildman–Crippen LogP) is 3.12. The Kier molecular flexibility index (Phi) is 6.06. The fraction of sp³-hybridized carbons (Fsp3) is 0.263. The second-order valence-electron chi connectivity index (χ2n) is 5.62. The monoisotopic (exact) mass is 359 g/mol. The second kappa shape index (κ2) is 8.24. The lowest BCUT2D eigenvalue weighted by Gasteiger charge is -2.17. The number of hydrogen-bond donors (Lipinski definition) is 2. The molecule has 0 aliphatic heterocycles. The first-order chi connectivity index (χ1) is 12.3. The smallest absolute Gasteiger partial charge is 0.337 e. The topological polar surface area (TPSA) is 94.1 Å². The molecule has 1 amide bonds. The molecular formula is C19H21NO6. The summed E-state index contributed by atoms with van der Waals surface area (Å²) < 4.78 is 15.9. The Bertz CT molecular complexity index is 818. The number of ether oxygens (including phenoxy) is 3. The van der Waals surface area contributed by atoms with Crippen LogP contribution in [-0.4, -0.2) is 37.3 Å². The van der Waals surface area contributed by atoms with Crippen LogP contribution in [0.2, 0.25) is 0 Å². The second-order valence-corrected chi connectivity index (χ2v) is 5.62. The molecule has 1 unspecified atom stereocenters. The predicted molar refractivity (Wildman–Crippen MR) is 96.4 cm³/mol. The van der Waals surface area contributed by atoms with Crippen molar-refractivity contribution in [1.82, 2.24) is 0 Å². The van der Waals surface area contributed by atoms with Crippen molar-refractivity contribution in [3.05, 3.63) is 47.5 Å². The normalized spacial score (nSPS) is 11.4. The Labute approximate surface area is 151 Å². The van der Waals surface area contributed by atoms with Crippen LogP contribution in [0.1, 0.15) is 22.8 Å². The Balaban J connectivity index is 2.22. The molecule has 26 heavy (non-hydrogen) atoms. The Hall–Kier alpha value is -3.22. The summed E-state index contributed by atoms with van der Waals surface area (Å²) in [5, 5.41) is 12.0. The summed E-state index contributed by atoms with van der Waals surface area (Å²) in [6.07, 6.45) is -0.827. The molecule has 2 aromatic rings. The number of aryl methyl sites for hydroxylation is 1. The van der Waals surface area contributed by atoms with Crippen molar-refractivity contribution in [2.24, 2.45) is 0 Å². The molecule has 7 nitrogen and oxygen atoms in total. The Morgan fingerprint density at radius 3 is 2.31 bits per heavy atom. The molecule has 2 rings (SSSR count). The zero-order valence-corrected chi connectivity index (χ0v) is 15.0. The number of rotatable bonds is 7. The van der Waals surface area contributed by atoms with Crippen LogP contribution in [-0.2, 0) is 4.79 Å². The van der Waals surface area contributed by atoms with Crippen molar-refractivity contribution in [3.8, 4) is 17.2 Å². The fourth-order valence-corrected chi connectivity index (χ4v) is 2.34. The van der Waals surface area contributed by atoms with E-state index in [2.05, 4.69) is 5.32 Å². The first kappa shape index (κ1) is 19.1. The number of carboxylic acid groups (broad SMARTS) is 1. The van der Waals surface area contributed by atoms with E-state index in [1.54, 1.807) is 13.0 Å². The highest BCUT2D eigenvalue weighted by Gasteiger charge is 2.21. The summed E-state index contributed by atoms with van der Waals surface area (Å²) in [6.45, 7) is 3.50. The molecule has 0 aromatic heterocycles. The maximum absolute atomic E-state index is 12.4. The van der Waals surface area contributed by atoms with Crippen LogP contribution in [0.3, 0.4) is 0 Å². The van der Waals surface area contributed by atoms with Crippen LogP contribution < -0.4 is 19.5 Å². The van der Waals surface area contributed by atoms with Crippen molar-refractivity contribution >= 4 is 17.6 Å². The minimum atomic E-state index is -1.20. The quantitative estimate of drug-likeness (QED) is 0.789. The number of amides is 1. The van der Waals surface area contributed by atoms with E-state index in [1.165, 1.54) is 26.4 Å². The van der Waals surface area contributed by atoms with Gasteiger partial charge in [-0.3, -0.25) is 4.79 Å². The van der Waals surface area contributed by atoms with E-state index in [0.717, 1.165) is 5.56 Å². The number of carboxylic acids is 1. The average molecular weight is 359 g/mol. The van der Waals surface area contributed by atoms with Crippen molar-refractivity contribution in [2.45, 2.75) is 20.0 Å². The van der Waals surface area contributed by atoms with E-state index in [9.17, 15) is 14.7 Å². The summed E-state index contributed by atoms with van der Waals surface area (Å²) in [5.74, 6) is -0.569. The van der Waals surface area contributed by atoms with Gasteiger partial charge in [-0.15, -0.1) is 0 Å². The van der Waals surface area contributed by atoms with E-state index >= 15 is 0 Å². The third kappa shape index (κ3) is 4.44. The number of nitrogens with one attached hydrogen (secondary N) is 1. The summed E-state index contributed by atoms with van der Waals surface area (Å²) in [7, 11) is 2.83. The van der Waals surface area contributed by atoms with Gasteiger partial charge in [0.25, 0.3) is 5.91 Å². The van der Waals surface area contributed by atoms with Gasteiger partial charge in [-0.2, -0.15) is 0 Å². The number of methoxy groups -OCH3 is 2. The maximum atomic E-state index is 12.4. The lowest BCUT2D eigenvalue weighted by Crippen LogP contribution is -2.30. The molecule has 1 atom stereocenters. The summed E-state index contributed by atoms with van der Waals surface area (Å²) in [6, 6.07) is 9.99. The van der Waals surface area contributed by atoms with Gasteiger partial charge < -0.3 is 24.6 Å². The number of carbonyl (C=O) groups excluding carboxylic acids is 1. The minimum Gasteiger partial charge on any atom is -0.493 e. The molecule has 0 spiro atoms. The van der Waals surface area contributed by atoms with E-state index < -0.39 is 18.0 Å². The van der Waals surface area contributed by atoms with Gasteiger partial charge >= 0.3 is 5.97 Å². The Morgan fingerprint density at radius 1 is 1.08 bits per heavy atom. The van der Waals surface area contributed by atoms with Crippen LogP contribution in [0.25, 0.3) is 0 Å². The minimum absolute atomic E-state index is 0.0971. The molecule has 0 bridgehead atoms. The highest BCUT2D eigenvalue weighted by atomic mass is 16.5. The molecule has 0 saturated carbocycles. The number of benzene rings is 2. The van der Waals surface area contributed by atoms with Gasteiger partial charge in [0, 0.05) is 12.1 Å². The van der Waals surface area contributed by atoms with Gasteiger partial charge in [0.15, 0.2) is 17.6 Å². The van der Waals surface area contributed by atoms with Gasteiger partial charge in [0.05, 0.1) is 25.5 Å². The molecule has 7 heteroatoms. The fourth-order valence-electron chi connectivity index (χ4n) is 2.34. The Morgan fingerprint density at radius 2 is 1.73 bits per heavy atom. The lowest BCUT2D eigenvalue weighted by atomic mass is 10.1. The van der Waals surface area contributed by atoms with Crippen LogP contribution in [0, 0.1) is 6.92 Å². The highest BCUT2D eigenvalue weighted by Crippen LogP contribution is 2.33. The number of carbonyl (C=O) groups is 2. The molecule has 138 valence electrons. The molecule has 0 aliphatic carbocycles. The van der Waals surface area contributed by atoms with E-state index in [1.807, 2.05) is 25.1 Å². The first-order valence-corrected chi connectivity index (χ1v) is 7.89. The van der Waals surface area contributed by atoms with Crippen LogP contribution in [0.5, 0.6) is 17.2 Å². The number of aromatic carboxylic acids is 1. The molecule has 0 saturated heterocycles. The van der Waals surface area contributed by atoms with E-state index in [0.29, 0.717) is 11.5 Å². The highest BCUT2D eigenvalue weighted by molar-refractivity contribution is 6.02. The number of hydrogen-bond acceptors (Lipinski definition) is 5.